The van der Waals surface area contributed by atoms with Crippen molar-refractivity contribution in [1.82, 2.24) is 0 Å². The number of rotatable bonds is 0. The maximum Gasteiger partial charge on any atom is 0.0477 e. The molecule has 0 unspecified atom stereocenters. The van der Waals surface area contributed by atoms with Gasteiger partial charge >= 0.3 is 0 Å². The van der Waals surface area contributed by atoms with Crippen LogP contribution < -0.4 is 0 Å². The molecular formula is C10Br8. The minimum Gasteiger partial charge on any atom is -0.0488 e. The van der Waals surface area contributed by atoms with Gasteiger partial charge in [0.15, 0.2) is 0 Å². The first-order valence-corrected chi connectivity index (χ1v) is 10.6. The van der Waals surface area contributed by atoms with Crippen molar-refractivity contribution in [3.05, 3.63) is 47.0 Å². The lowest BCUT2D eigenvalue weighted by Crippen LogP contribution is -1.89. The van der Waals surface area contributed by atoms with Crippen molar-refractivity contribution in [1.29, 1.82) is 0 Å². The summed E-state index contributed by atoms with van der Waals surface area (Å²) in [5.41, 5.74) is 2.14. The van der Waals surface area contributed by atoms with Crippen LogP contribution in [0.1, 0.15) is 0 Å². The molecule has 96 valence electrons. The van der Waals surface area contributed by atoms with Crippen LogP contribution in [0.2, 0.25) is 0 Å². The molecule has 2 aliphatic carbocycles. The van der Waals surface area contributed by atoms with E-state index < -0.39 is 0 Å². The summed E-state index contributed by atoms with van der Waals surface area (Å²) in [4.78, 5) is 0. The minimum absolute atomic E-state index is 0.983. The van der Waals surface area contributed by atoms with E-state index >= 15 is 0 Å². The predicted molar refractivity (Wildman–Crippen MR) is 107 cm³/mol. The minimum atomic E-state index is 0.983. The maximum atomic E-state index is 3.61. The fraction of sp³-hybridized carbons (Fsp3) is 0. The Balaban J connectivity index is 2.82. The van der Waals surface area contributed by atoms with Crippen molar-refractivity contribution in [2.45, 2.75) is 0 Å². The zero-order chi connectivity index (χ0) is 13.8. The average Bonchev–Trinajstić information content (AvgIpc) is 2.64. The van der Waals surface area contributed by atoms with Gasteiger partial charge in [0.05, 0.1) is 0 Å². The molecule has 0 saturated carbocycles. The van der Waals surface area contributed by atoms with Gasteiger partial charge < -0.3 is 0 Å². The summed E-state index contributed by atoms with van der Waals surface area (Å²) in [6, 6.07) is 0. The molecule has 0 nitrogen and oxygen atoms in total. The summed E-state index contributed by atoms with van der Waals surface area (Å²) in [5.74, 6) is 0. The molecule has 0 aromatic carbocycles. The molecule has 0 aromatic rings. The van der Waals surface area contributed by atoms with Crippen LogP contribution in [-0.4, -0.2) is 0 Å². The van der Waals surface area contributed by atoms with Crippen molar-refractivity contribution in [3.8, 4) is 0 Å². The van der Waals surface area contributed by atoms with E-state index in [4.69, 9.17) is 0 Å². The standard InChI is InChI=1S/C10Br8/c11-3-1(4(12)8(16)7(3)15)2-5(13)9(17)10(18)6(2)14. The Hall–Kier alpha value is 2.54. The molecule has 2 aliphatic rings. The van der Waals surface area contributed by atoms with Gasteiger partial charge in [0, 0.05) is 47.0 Å². The van der Waals surface area contributed by atoms with Gasteiger partial charge in [-0.2, -0.15) is 0 Å². The van der Waals surface area contributed by atoms with Gasteiger partial charge in [0.2, 0.25) is 0 Å². The summed E-state index contributed by atoms with van der Waals surface area (Å²) in [6.07, 6.45) is 0. The fourth-order valence-corrected chi connectivity index (χ4v) is 7.02. The summed E-state index contributed by atoms with van der Waals surface area (Å²) < 4.78 is 7.90. The topological polar surface area (TPSA) is 0 Å². The van der Waals surface area contributed by atoms with Gasteiger partial charge in [-0.15, -0.1) is 0 Å². The van der Waals surface area contributed by atoms with E-state index in [1.807, 2.05) is 0 Å². The third-order valence-corrected chi connectivity index (χ3v) is 11.8. The highest BCUT2D eigenvalue weighted by Crippen LogP contribution is 2.56. The lowest BCUT2D eigenvalue weighted by Gasteiger charge is -2.08. The zero-order valence-corrected chi connectivity index (χ0v) is 20.7. The molecular weight excluding hydrogens is 759 g/mol. The van der Waals surface area contributed by atoms with Crippen molar-refractivity contribution in [2.24, 2.45) is 0 Å². The second kappa shape index (κ2) is 6.34. The van der Waals surface area contributed by atoms with Crippen LogP contribution in [0.15, 0.2) is 47.0 Å². The van der Waals surface area contributed by atoms with Crippen LogP contribution >= 0.6 is 127 Å². The van der Waals surface area contributed by atoms with Crippen molar-refractivity contribution >= 4 is 127 Å². The first kappa shape index (κ1) is 16.9. The molecule has 0 aliphatic heterocycles. The second-order valence-corrected chi connectivity index (χ2v) is 9.61. The summed E-state index contributed by atoms with van der Waals surface area (Å²) in [5, 5.41) is 0. The molecule has 0 heterocycles. The van der Waals surface area contributed by atoms with Crippen LogP contribution in [0, 0.1) is 0 Å². The molecule has 0 saturated heterocycles. The van der Waals surface area contributed by atoms with Gasteiger partial charge in [0.25, 0.3) is 0 Å². The summed E-state index contributed by atoms with van der Waals surface area (Å²) in [6.45, 7) is 0. The van der Waals surface area contributed by atoms with Crippen molar-refractivity contribution < 1.29 is 0 Å². The SMILES string of the molecule is BrC1=C(Br)C(=C2C(Br)=C(Br)C(Br)=C2Br)C(Br)=C1Br. The number of allylic oxidation sites excluding steroid dienone is 10. The molecule has 0 radical (unpaired) electrons. The van der Waals surface area contributed by atoms with E-state index in [9.17, 15) is 0 Å². The Morgan fingerprint density at radius 3 is 0.611 bits per heavy atom. The van der Waals surface area contributed by atoms with Gasteiger partial charge in [-0.05, 0) is 127 Å². The van der Waals surface area contributed by atoms with E-state index in [-0.39, 0.29) is 0 Å². The van der Waals surface area contributed by atoms with Crippen LogP contribution in [0.25, 0.3) is 0 Å². The number of halogens is 8. The summed E-state index contributed by atoms with van der Waals surface area (Å²) >= 11 is 28.6. The fourth-order valence-electron chi connectivity index (χ4n) is 1.46. The van der Waals surface area contributed by atoms with E-state index in [1.165, 1.54) is 0 Å². The van der Waals surface area contributed by atoms with Gasteiger partial charge in [-0.3, -0.25) is 0 Å². The summed E-state index contributed by atoms with van der Waals surface area (Å²) in [7, 11) is 0. The third kappa shape index (κ3) is 2.63. The number of hydrogen-bond acceptors (Lipinski definition) is 0. The molecule has 0 atom stereocenters. The Kier molecular flexibility index (Phi) is 5.96. The molecule has 2 rings (SSSR count). The maximum absolute atomic E-state index is 3.61. The molecule has 8 heteroatoms. The van der Waals surface area contributed by atoms with Crippen LogP contribution in [-0.2, 0) is 0 Å². The van der Waals surface area contributed by atoms with Crippen molar-refractivity contribution in [2.75, 3.05) is 0 Å². The van der Waals surface area contributed by atoms with Gasteiger partial charge in [-0.25, -0.2) is 0 Å². The Morgan fingerprint density at radius 1 is 0.278 bits per heavy atom. The lowest BCUT2D eigenvalue weighted by molar-refractivity contribution is 1.58. The molecule has 0 N–H and O–H groups in total. The van der Waals surface area contributed by atoms with E-state index in [2.05, 4.69) is 127 Å². The van der Waals surface area contributed by atoms with Gasteiger partial charge in [-0.1, -0.05) is 0 Å². The molecule has 18 heavy (non-hydrogen) atoms. The highest BCUT2D eigenvalue weighted by molar-refractivity contribution is 9.18. The normalized spacial score (nSPS) is 21.3. The molecule has 0 aromatic heterocycles. The number of hydrogen-bond donors (Lipinski definition) is 0. The van der Waals surface area contributed by atoms with E-state index in [1.54, 1.807) is 0 Å². The van der Waals surface area contributed by atoms with E-state index in [0.717, 1.165) is 47.0 Å². The highest BCUT2D eigenvalue weighted by atomic mass is 79.9. The highest BCUT2D eigenvalue weighted by Gasteiger charge is 2.33. The second-order valence-electron chi connectivity index (χ2n) is 3.26. The molecule has 0 amide bonds. The van der Waals surface area contributed by atoms with Crippen LogP contribution in [0.3, 0.4) is 0 Å². The predicted octanol–water partition coefficient (Wildman–Crippen LogP) is 8.32. The first-order chi connectivity index (χ1) is 8.29. The molecule has 0 fully saturated rings. The van der Waals surface area contributed by atoms with Crippen LogP contribution in [0.4, 0.5) is 0 Å². The Morgan fingerprint density at radius 2 is 0.444 bits per heavy atom. The molecule has 0 spiro atoms. The Bertz CT molecular complexity index is 508. The monoisotopic (exact) mass is 751 g/mol. The average molecular weight is 759 g/mol. The lowest BCUT2D eigenvalue weighted by atomic mass is 10.1. The largest absolute Gasteiger partial charge is 0.0488 e. The Labute approximate surface area is 172 Å². The third-order valence-electron chi connectivity index (χ3n) is 2.28. The van der Waals surface area contributed by atoms with Gasteiger partial charge in [0.1, 0.15) is 0 Å². The smallest absolute Gasteiger partial charge is 0.0477 e. The first-order valence-electron chi connectivity index (χ1n) is 4.26. The van der Waals surface area contributed by atoms with Crippen molar-refractivity contribution in [3.63, 3.8) is 0 Å². The van der Waals surface area contributed by atoms with Crippen LogP contribution in [0.5, 0.6) is 0 Å². The van der Waals surface area contributed by atoms with E-state index in [0.29, 0.717) is 0 Å². The molecule has 0 bridgehead atoms. The quantitative estimate of drug-likeness (QED) is 0.233. The zero-order valence-electron chi connectivity index (χ0n) is 8.02.